The molecule has 0 spiro atoms. The van der Waals surface area contributed by atoms with Gasteiger partial charge in [-0.05, 0) is 30.7 Å². The lowest BCUT2D eigenvalue weighted by molar-refractivity contribution is 0.0508. The molecular formula is C14H12F2N2O2. The molecule has 2 rings (SSSR count). The Labute approximate surface area is 114 Å². The van der Waals surface area contributed by atoms with E-state index < -0.39 is 12.0 Å². The highest BCUT2D eigenvalue weighted by atomic mass is 19.3. The number of rotatable bonds is 4. The van der Waals surface area contributed by atoms with Gasteiger partial charge in [0, 0.05) is 18.8 Å². The van der Waals surface area contributed by atoms with Crippen molar-refractivity contribution < 1.29 is 18.3 Å². The Kier molecular flexibility index (Phi) is 4.34. The average molecular weight is 278 g/mol. The van der Waals surface area contributed by atoms with E-state index in [4.69, 9.17) is 4.74 Å². The first-order chi connectivity index (χ1) is 9.58. The van der Waals surface area contributed by atoms with Gasteiger partial charge in [0.15, 0.2) is 0 Å². The molecule has 0 fully saturated rings. The summed E-state index contributed by atoms with van der Waals surface area (Å²) in [5.74, 6) is -0.565. The minimum Gasteiger partial charge on any atom is -0.462 e. The molecule has 0 N–H and O–H groups in total. The minimum absolute atomic E-state index is 0.0153. The van der Waals surface area contributed by atoms with Crippen LogP contribution >= 0.6 is 0 Å². The number of nitrogens with zero attached hydrogens (tertiary/aromatic N) is 2. The van der Waals surface area contributed by atoms with Gasteiger partial charge < -0.3 is 4.74 Å². The van der Waals surface area contributed by atoms with Crippen LogP contribution in [0.25, 0.3) is 11.0 Å². The van der Waals surface area contributed by atoms with Gasteiger partial charge in [0.1, 0.15) is 0 Å². The monoisotopic (exact) mass is 278 g/mol. The van der Waals surface area contributed by atoms with E-state index >= 15 is 0 Å². The van der Waals surface area contributed by atoms with Gasteiger partial charge in [-0.2, -0.15) is 8.78 Å². The second-order valence-electron chi connectivity index (χ2n) is 4.19. The molecule has 0 aliphatic carbocycles. The van der Waals surface area contributed by atoms with Gasteiger partial charge >= 0.3 is 5.97 Å². The first kappa shape index (κ1) is 14.0. The zero-order valence-electron chi connectivity index (χ0n) is 10.8. The molecule has 0 unspecified atom stereocenters. The number of carbonyl (C=O) groups is 1. The van der Waals surface area contributed by atoms with Crippen molar-refractivity contribution in [2.24, 2.45) is 0 Å². The second kappa shape index (κ2) is 6.18. The maximum Gasteiger partial charge on any atom is 0.338 e. The molecule has 20 heavy (non-hydrogen) atoms. The van der Waals surface area contributed by atoms with E-state index in [-0.39, 0.29) is 18.6 Å². The van der Waals surface area contributed by atoms with E-state index in [0.717, 1.165) is 0 Å². The molecule has 1 heterocycles. The van der Waals surface area contributed by atoms with E-state index in [2.05, 4.69) is 9.97 Å². The molecule has 0 atom stereocenters. The Hall–Kier alpha value is -2.37. The molecule has 4 nitrogen and oxygen atoms in total. The van der Waals surface area contributed by atoms with Gasteiger partial charge in [0.2, 0.25) is 0 Å². The maximum absolute atomic E-state index is 12.2. The Bertz CT molecular complexity index is 667. The van der Waals surface area contributed by atoms with Crippen molar-refractivity contribution in [3.05, 3.63) is 47.8 Å². The number of fused-ring (bicyclic) bond motifs is 1. The molecular weight excluding hydrogens is 266 g/mol. The highest BCUT2D eigenvalue weighted by Crippen LogP contribution is 2.13. The van der Waals surface area contributed by atoms with Gasteiger partial charge in [0.05, 0.1) is 23.2 Å². The zero-order valence-corrected chi connectivity index (χ0v) is 10.8. The predicted molar refractivity (Wildman–Crippen MR) is 69.4 cm³/mol. The normalized spacial score (nSPS) is 10.3. The largest absolute Gasteiger partial charge is 0.462 e. The topological polar surface area (TPSA) is 52.1 Å². The summed E-state index contributed by atoms with van der Waals surface area (Å²) >= 11 is 0. The van der Waals surface area contributed by atoms with Crippen molar-refractivity contribution in [1.29, 1.82) is 0 Å². The number of aromatic nitrogens is 2. The van der Waals surface area contributed by atoms with Crippen molar-refractivity contribution in [2.45, 2.75) is 13.3 Å². The van der Waals surface area contributed by atoms with Gasteiger partial charge in [-0.25, -0.2) is 4.79 Å². The number of carbonyl (C=O) groups excluding carboxylic acids is 1. The van der Waals surface area contributed by atoms with Crippen LogP contribution in [0.4, 0.5) is 8.78 Å². The van der Waals surface area contributed by atoms with Crippen LogP contribution in [0.1, 0.15) is 23.7 Å². The highest BCUT2D eigenvalue weighted by Gasteiger charge is 2.09. The second-order valence-corrected chi connectivity index (χ2v) is 4.19. The fraction of sp³-hybridized carbons (Fsp3) is 0.214. The summed E-state index contributed by atoms with van der Waals surface area (Å²) in [6, 6.07) is 4.78. The van der Waals surface area contributed by atoms with Crippen LogP contribution in [0.2, 0.25) is 0 Å². The average Bonchev–Trinajstić information content (AvgIpc) is 2.46. The highest BCUT2D eigenvalue weighted by molar-refractivity contribution is 5.93. The first-order valence-electron chi connectivity index (χ1n) is 5.96. The first-order valence-corrected chi connectivity index (χ1v) is 5.96. The number of benzene rings is 1. The van der Waals surface area contributed by atoms with Crippen molar-refractivity contribution in [3.8, 4) is 0 Å². The summed E-state index contributed by atoms with van der Waals surface area (Å²) in [6.07, 6.45) is 1.36. The Balaban J connectivity index is 2.02. The van der Waals surface area contributed by atoms with Crippen LogP contribution in [0.5, 0.6) is 0 Å². The predicted octanol–water partition coefficient (Wildman–Crippen LogP) is 3.35. The van der Waals surface area contributed by atoms with Crippen LogP contribution < -0.4 is 0 Å². The van der Waals surface area contributed by atoms with Gasteiger partial charge in [0.25, 0.3) is 6.08 Å². The van der Waals surface area contributed by atoms with Crippen molar-refractivity contribution in [1.82, 2.24) is 9.97 Å². The van der Waals surface area contributed by atoms with Crippen molar-refractivity contribution >= 4 is 17.0 Å². The van der Waals surface area contributed by atoms with Crippen LogP contribution in [0, 0.1) is 0 Å². The van der Waals surface area contributed by atoms with Gasteiger partial charge in [-0.1, -0.05) is 0 Å². The summed E-state index contributed by atoms with van der Waals surface area (Å²) in [5.41, 5.74) is 1.48. The van der Waals surface area contributed by atoms with Crippen molar-refractivity contribution in [2.75, 3.05) is 6.61 Å². The molecule has 0 radical (unpaired) electrons. The Morgan fingerprint density at radius 2 is 1.90 bits per heavy atom. The molecule has 0 aliphatic heterocycles. The number of ether oxygens (including phenoxy) is 1. The van der Waals surface area contributed by atoms with E-state index in [1.54, 1.807) is 24.4 Å². The summed E-state index contributed by atoms with van der Waals surface area (Å²) in [5, 5.41) is 0. The van der Waals surface area contributed by atoms with E-state index in [1.165, 1.54) is 13.1 Å². The quantitative estimate of drug-likeness (QED) is 0.805. The lowest BCUT2D eigenvalue weighted by Gasteiger charge is -2.05. The number of halogens is 2. The number of hydrogen-bond donors (Lipinski definition) is 0. The molecule has 0 aliphatic rings. The summed E-state index contributed by atoms with van der Waals surface area (Å²) in [6.45, 7) is 1.22. The fourth-order valence-electron chi connectivity index (χ4n) is 1.56. The molecule has 1 aromatic carbocycles. The number of hydrogen-bond acceptors (Lipinski definition) is 4. The standard InChI is InChI=1S/C14H12F2N2O2/c1-9(13(15)16)4-7-20-14(19)10-2-3-11-12(8-10)18-6-5-17-11/h2-3,5-6,8H,4,7H2,1H3. The minimum atomic E-state index is -1.73. The summed E-state index contributed by atoms with van der Waals surface area (Å²) in [4.78, 5) is 19.9. The number of esters is 1. The van der Waals surface area contributed by atoms with Crippen LogP contribution in [0.15, 0.2) is 42.2 Å². The zero-order chi connectivity index (χ0) is 14.5. The molecule has 2 aromatic rings. The van der Waals surface area contributed by atoms with Crippen LogP contribution in [-0.2, 0) is 4.74 Å². The van der Waals surface area contributed by atoms with Gasteiger partial charge in [-0.3, -0.25) is 9.97 Å². The van der Waals surface area contributed by atoms with Crippen LogP contribution in [0.3, 0.4) is 0 Å². The summed E-state index contributed by atoms with van der Waals surface area (Å²) in [7, 11) is 0. The summed E-state index contributed by atoms with van der Waals surface area (Å²) < 4.78 is 29.3. The maximum atomic E-state index is 12.2. The third-order valence-corrected chi connectivity index (χ3v) is 2.74. The fourth-order valence-corrected chi connectivity index (χ4v) is 1.56. The third kappa shape index (κ3) is 3.34. The van der Waals surface area contributed by atoms with Crippen molar-refractivity contribution in [3.63, 3.8) is 0 Å². The molecule has 0 amide bonds. The molecule has 0 saturated heterocycles. The van der Waals surface area contributed by atoms with Crippen LogP contribution in [-0.4, -0.2) is 22.5 Å². The molecule has 0 bridgehead atoms. The SMILES string of the molecule is CC(CCOC(=O)c1ccc2nccnc2c1)=C(F)F. The molecule has 104 valence electrons. The smallest absolute Gasteiger partial charge is 0.338 e. The van der Waals surface area contributed by atoms with Gasteiger partial charge in [-0.15, -0.1) is 0 Å². The lowest BCUT2D eigenvalue weighted by Crippen LogP contribution is -2.07. The Morgan fingerprint density at radius 1 is 1.20 bits per heavy atom. The lowest BCUT2D eigenvalue weighted by atomic mass is 10.2. The van der Waals surface area contributed by atoms with E-state index in [9.17, 15) is 13.6 Å². The van der Waals surface area contributed by atoms with E-state index in [0.29, 0.717) is 16.6 Å². The van der Waals surface area contributed by atoms with E-state index in [1.807, 2.05) is 0 Å². The molecule has 0 saturated carbocycles. The molecule has 1 aromatic heterocycles. The third-order valence-electron chi connectivity index (χ3n) is 2.74. The Morgan fingerprint density at radius 3 is 2.60 bits per heavy atom. The molecule has 6 heteroatoms.